The molecule has 11 aromatic carbocycles. The number of halogens is 6. The van der Waals surface area contributed by atoms with E-state index in [1.54, 1.807) is 24.3 Å². The zero-order valence-corrected chi connectivity index (χ0v) is 46.4. The number of alkyl halides is 6. The Morgan fingerprint density at radius 1 is 0.291 bits per heavy atom. The molecule has 1 spiro atoms. The van der Waals surface area contributed by atoms with Crippen LogP contribution in [0.3, 0.4) is 0 Å². The molecule has 0 aliphatic heterocycles. The van der Waals surface area contributed by atoms with Gasteiger partial charge in [-0.3, -0.25) is 0 Å². The molecular weight excluding hydrogens is 1030 g/mol. The van der Waals surface area contributed by atoms with Crippen LogP contribution in [0.4, 0.5) is 60.5 Å². The predicted molar refractivity (Wildman–Crippen MR) is 321 cm³/mol. The molecule has 13 rings (SSSR count). The normalized spacial score (nSPS) is 13.7. The molecule has 0 atom stereocenters. The Morgan fingerprint density at radius 3 is 1.00 bits per heavy atom. The smallest absolute Gasteiger partial charge is 0.310 e. The van der Waals surface area contributed by atoms with Crippen LogP contribution >= 0.6 is 0 Å². The molecule has 2 nitrogen and oxygen atoms in total. The van der Waals surface area contributed by atoms with E-state index in [1.807, 2.05) is 0 Å². The Hall–Kier alpha value is -8.19. The van der Waals surface area contributed by atoms with E-state index >= 15 is 0 Å². The van der Waals surface area contributed by atoms with Crippen LogP contribution in [0.1, 0.15) is 33.4 Å². The number of fused-ring (bicyclic) bond motifs is 16. The fourth-order valence-electron chi connectivity index (χ4n) is 12.5. The molecule has 0 aromatic heterocycles. The maximum absolute atomic E-state index is 14.2. The van der Waals surface area contributed by atoms with Gasteiger partial charge in [-0.05, 0) is 186 Å². The SMILES string of the molecule is C[Si](C)(C)c1ccc(N(c2ccc(C(F)(F)F)cc2)c2ccc3c(c2)C2(c4ccccc4-c4cc5c6ccccc6c6ccccc6c5cc42)c2cc(N(c4ccc(C(F)(F)F)cc4)c4ccc([Si](C)(C)C)cc4)ccc2-3)cc1. The molecule has 79 heavy (non-hydrogen) atoms. The van der Waals surface area contributed by atoms with E-state index < -0.39 is 45.0 Å². The van der Waals surface area contributed by atoms with Gasteiger partial charge in [0.25, 0.3) is 0 Å². The summed E-state index contributed by atoms with van der Waals surface area (Å²) in [7, 11) is -3.48. The average Bonchev–Trinajstić information content (AvgIpc) is 2.30. The minimum atomic E-state index is -4.52. The number of benzene rings is 11. The number of rotatable bonds is 8. The van der Waals surface area contributed by atoms with E-state index in [-0.39, 0.29) is 0 Å². The Morgan fingerprint density at radius 2 is 0.608 bits per heavy atom. The summed E-state index contributed by atoms with van der Waals surface area (Å²) in [6.45, 7) is 13.7. The molecule has 2 aliphatic rings. The zero-order chi connectivity index (χ0) is 55.0. The topological polar surface area (TPSA) is 6.48 Å². The van der Waals surface area contributed by atoms with Gasteiger partial charge in [0.15, 0.2) is 0 Å². The minimum absolute atomic E-state index is 0.574. The van der Waals surface area contributed by atoms with Crippen molar-refractivity contribution in [3.8, 4) is 22.3 Å². The molecule has 0 amide bonds. The first-order chi connectivity index (χ1) is 37.7. The highest BCUT2D eigenvalue weighted by atomic mass is 28.3. The summed E-state index contributed by atoms with van der Waals surface area (Å²) < 4.78 is 85.3. The Labute approximate surface area is 457 Å². The summed E-state index contributed by atoms with van der Waals surface area (Å²) in [5, 5.41) is 9.33. The second-order valence-electron chi connectivity index (χ2n) is 23.1. The van der Waals surface area contributed by atoms with E-state index in [1.165, 1.54) is 15.8 Å². The van der Waals surface area contributed by atoms with Gasteiger partial charge in [0.2, 0.25) is 0 Å². The lowest BCUT2D eigenvalue weighted by atomic mass is 9.70. The summed E-state index contributed by atoms with van der Waals surface area (Å²) in [4.78, 5) is 4.10. The first-order valence-electron chi connectivity index (χ1n) is 26.6. The van der Waals surface area contributed by atoms with Crippen molar-refractivity contribution in [3.63, 3.8) is 0 Å². The highest BCUT2D eigenvalue weighted by molar-refractivity contribution is 6.89. The molecule has 0 saturated carbocycles. The third-order valence-electron chi connectivity index (χ3n) is 16.4. The molecule has 390 valence electrons. The van der Waals surface area contributed by atoms with Crippen molar-refractivity contribution in [3.05, 3.63) is 252 Å². The van der Waals surface area contributed by atoms with Gasteiger partial charge in [-0.25, -0.2) is 0 Å². The van der Waals surface area contributed by atoms with Gasteiger partial charge in [0.05, 0.1) is 32.7 Å². The van der Waals surface area contributed by atoms with E-state index in [2.05, 4.69) is 219 Å². The molecular formula is C69H54F6N2Si2. The van der Waals surface area contributed by atoms with Crippen LogP contribution in [0.25, 0.3) is 54.6 Å². The second kappa shape index (κ2) is 17.9. The van der Waals surface area contributed by atoms with Crippen LogP contribution in [0, 0.1) is 0 Å². The molecule has 0 bridgehead atoms. The summed E-state index contributed by atoms with van der Waals surface area (Å²) in [6.07, 6.45) is -9.03. The fraction of sp³-hybridized carbons (Fsp3) is 0.130. The van der Waals surface area contributed by atoms with E-state index in [0.29, 0.717) is 11.4 Å². The number of hydrogen-bond acceptors (Lipinski definition) is 2. The standard InChI is InChI=1S/C69H54F6N2Si2/c1-78(2,3)51-33-27-47(28-34-51)76(45-23-19-43(20-24-45)68(70,71)72)49-31-37-58-59-38-32-50(77(46-25-21-44(22-26-46)69(73,74)75)48-29-35-52(36-30-48)79(4,5)6)40-65(59)67(64(58)39-49)63-18-12-11-17-57(63)62-41-60-55-15-9-7-13-53(55)54-14-8-10-16-56(54)61(60)42-66(62)67/h7-42H,1-6H3. The van der Waals surface area contributed by atoms with Crippen molar-refractivity contribution in [2.24, 2.45) is 0 Å². The van der Waals surface area contributed by atoms with Crippen molar-refractivity contribution in [1.29, 1.82) is 0 Å². The summed E-state index contributed by atoms with van der Waals surface area (Å²) in [5.41, 5.74) is 10.2. The third-order valence-corrected chi connectivity index (χ3v) is 20.5. The van der Waals surface area contributed by atoms with Gasteiger partial charge in [-0.1, -0.05) is 159 Å². The van der Waals surface area contributed by atoms with E-state index in [0.717, 1.165) is 118 Å². The summed E-state index contributed by atoms with van der Waals surface area (Å²) in [6, 6.07) is 71.0. The minimum Gasteiger partial charge on any atom is -0.310 e. The number of hydrogen-bond donors (Lipinski definition) is 0. The van der Waals surface area contributed by atoms with E-state index in [4.69, 9.17) is 0 Å². The molecule has 0 unspecified atom stereocenters. The first kappa shape index (κ1) is 50.3. The maximum Gasteiger partial charge on any atom is 0.416 e. The zero-order valence-electron chi connectivity index (χ0n) is 44.4. The molecule has 0 saturated heterocycles. The van der Waals surface area contributed by atoms with Crippen molar-refractivity contribution < 1.29 is 26.3 Å². The van der Waals surface area contributed by atoms with Crippen molar-refractivity contribution in [2.75, 3.05) is 9.80 Å². The van der Waals surface area contributed by atoms with Crippen LogP contribution in [0.2, 0.25) is 39.3 Å². The van der Waals surface area contributed by atoms with Gasteiger partial charge >= 0.3 is 12.4 Å². The Kier molecular flexibility index (Phi) is 11.4. The largest absolute Gasteiger partial charge is 0.416 e. The molecule has 0 N–H and O–H groups in total. The van der Waals surface area contributed by atoms with Gasteiger partial charge in [0, 0.05) is 34.1 Å². The fourth-order valence-corrected chi connectivity index (χ4v) is 14.9. The van der Waals surface area contributed by atoms with Gasteiger partial charge in [-0.15, -0.1) is 0 Å². The van der Waals surface area contributed by atoms with Crippen LogP contribution in [-0.2, 0) is 17.8 Å². The Bertz CT molecular complexity index is 3950. The Balaban J connectivity index is 1.11. The lowest BCUT2D eigenvalue weighted by Gasteiger charge is -2.33. The highest BCUT2D eigenvalue weighted by Crippen LogP contribution is 2.65. The lowest BCUT2D eigenvalue weighted by Crippen LogP contribution is -2.37. The van der Waals surface area contributed by atoms with Gasteiger partial charge in [0.1, 0.15) is 0 Å². The predicted octanol–water partition coefficient (Wildman–Crippen LogP) is 19.6. The highest BCUT2D eigenvalue weighted by Gasteiger charge is 2.52. The molecule has 0 fully saturated rings. The molecule has 11 aromatic rings. The molecule has 2 aliphatic carbocycles. The molecule has 0 radical (unpaired) electrons. The lowest BCUT2D eigenvalue weighted by molar-refractivity contribution is -0.138. The quantitative estimate of drug-likeness (QED) is 0.0850. The summed E-state index contributed by atoms with van der Waals surface area (Å²) >= 11 is 0. The van der Waals surface area contributed by atoms with Crippen molar-refractivity contribution >= 4 is 93.0 Å². The van der Waals surface area contributed by atoms with Gasteiger partial charge < -0.3 is 9.80 Å². The van der Waals surface area contributed by atoms with Crippen LogP contribution in [0.15, 0.2) is 218 Å². The van der Waals surface area contributed by atoms with E-state index in [9.17, 15) is 26.3 Å². The monoisotopic (exact) mass is 1080 g/mol. The van der Waals surface area contributed by atoms with Crippen molar-refractivity contribution in [1.82, 2.24) is 0 Å². The second-order valence-corrected chi connectivity index (χ2v) is 33.3. The van der Waals surface area contributed by atoms with Gasteiger partial charge in [-0.2, -0.15) is 26.3 Å². The third kappa shape index (κ3) is 8.12. The first-order valence-corrected chi connectivity index (χ1v) is 33.6. The van der Waals surface area contributed by atoms with Crippen LogP contribution in [-0.4, -0.2) is 16.1 Å². The van der Waals surface area contributed by atoms with Crippen molar-refractivity contribution in [2.45, 2.75) is 57.0 Å². The van der Waals surface area contributed by atoms with Crippen LogP contribution < -0.4 is 20.2 Å². The molecule has 0 heterocycles. The molecule has 10 heteroatoms. The maximum atomic E-state index is 14.2. The average molecular weight is 1080 g/mol. The summed E-state index contributed by atoms with van der Waals surface area (Å²) in [5.74, 6) is 0. The van der Waals surface area contributed by atoms with Crippen LogP contribution in [0.5, 0.6) is 0 Å². The number of anilines is 6. The number of nitrogens with zero attached hydrogens (tertiary/aromatic N) is 2.